The molecular weight excluding hydrogens is 314 g/mol. The van der Waals surface area contributed by atoms with E-state index in [4.69, 9.17) is 25.9 Å². The molecule has 0 aliphatic rings. The quantitative estimate of drug-likeness (QED) is 0.365. The lowest BCUT2D eigenvalue weighted by atomic mass is 11.6. The van der Waals surface area contributed by atoms with Crippen molar-refractivity contribution in [3.05, 3.63) is 0 Å². The molecule has 0 aromatic rings. The molecule has 0 rings (SSSR count). The Hall–Kier alpha value is -0.640. The predicted molar refractivity (Wildman–Crippen MR) is 38.8 cm³/mol. The second kappa shape index (κ2) is 5.80. The molecular formula is C2H4F6O7S2. The van der Waals surface area contributed by atoms with Crippen LogP contribution >= 0.6 is 0 Å². The fraction of sp³-hybridized carbons (Fsp3) is 1.00. The maximum Gasteiger partial charge on any atom is 0.522 e. The zero-order valence-electron chi connectivity index (χ0n) is 7.11. The smallest absolute Gasteiger partial charge is 0.412 e. The highest BCUT2D eigenvalue weighted by molar-refractivity contribution is 7.86. The van der Waals surface area contributed by atoms with Crippen LogP contribution in [-0.2, 0) is 20.2 Å². The van der Waals surface area contributed by atoms with E-state index in [2.05, 4.69) is 0 Å². The second-order valence-corrected chi connectivity index (χ2v) is 4.67. The number of alkyl halides is 6. The van der Waals surface area contributed by atoms with Crippen LogP contribution in [0.15, 0.2) is 0 Å². The van der Waals surface area contributed by atoms with Crippen LogP contribution in [0, 0.1) is 0 Å². The largest absolute Gasteiger partial charge is 0.522 e. The van der Waals surface area contributed by atoms with Gasteiger partial charge in [-0.2, -0.15) is 43.2 Å². The zero-order valence-corrected chi connectivity index (χ0v) is 8.74. The highest BCUT2D eigenvalue weighted by atomic mass is 32.2. The third-order valence-electron chi connectivity index (χ3n) is 0.585. The predicted octanol–water partition coefficient (Wildman–Crippen LogP) is -0.0367. The molecule has 0 fully saturated rings. The van der Waals surface area contributed by atoms with Crippen LogP contribution in [0.1, 0.15) is 0 Å². The van der Waals surface area contributed by atoms with Crippen molar-refractivity contribution in [2.75, 3.05) is 0 Å². The third kappa shape index (κ3) is 9.10. The molecule has 0 aliphatic heterocycles. The first-order chi connectivity index (χ1) is 6.50. The molecule has 0 radical (unpaired) electrons. The van der Waals surface area contributed by atoms with Crippen molar-refractivity contribution in [1.29, 1.82) is 0 Å². The Kier molecular flexibility index (Phi) is 7.38. The topological polar surface area (TPSA) is 140 Å². The van der Waals surface area contributed by atoms with E-state index in [0.717, 1.165) is 0 Å². The first-order valence-electron chi connectivity index (χ1n) is 2.57. The molecule has 0 atom stereocenters. The van der Waals surface area contributed by atoms with E-state index in [1.807, 2.05) is 0 Å². The summed E-state index contributed by atoms with van der Waals surface area (Å²) >= 11 is 0. The lowest BCUT2D eigenvalue weighted by Gasteiger charge is -1.97. The van der Waals surface area contributed by atoms with Crippen molar-refractivity contribution in [2.45, 2.75) is 11.0 Å². The summed E-state index contributed by atoms with van der Waals surface area (Å²) in [7, 11) is -11.7. The van der Waals surface area contributed by atoms with Crippen molar-refractivity contribution in [3.8, 4) is 0 Å². The minimum atomic E-state index is -5.84. The molecule has 0 saturated heterocycles. The fourth-order valence-electron chi connectivity index (χ4n) is 0. The highest BCUT2D eigenvalue weighted by Crippen LogP contribution is 2.21. The molecule has 15 heteroatoms. The Balaban J connectivity index is -0.000000218. The van der Waals surface area contributed by atoms with Gasteiger partial charge in [0.25, 0.3) is 0 Å². The molecule has 7 nitrogen and oxygen atoms in total. The van der Waals surface area contributed by atoms with E-state index >= 15 is 0 Å². The Morgan fingerprint density at radius 1 is 0.647 bits per heavy atom. The van der Waals surface area contributed by atoms with Gasteiger partial charge in [0.15, 0.2) is 0 Å². The van der Waals surface area contributed by atoms with Gasteiger partial charge in [-0.25, -0.2) is 0 Å². The number of halogens is 6. The molecule has 4 N–H and O–H groups in total. The van der Waals surface area contributed by atoms with Gasteiger partial charge in [-0.15, -0.1) is 0 Å². The first-order valence-corrected chi connectivity index (χ1v) is 5.45. The summed E-state index contributed by atoms with van der Waals surface area (Å²) in [6.07, 6.45) is 0. The summed E-state index contributed by atoms with van der Waals surface area (Å²) < 4.78 is 115. The summed E-state index contributed by atoms with van der Waals surface area (Å²) in [5, 5.41) is 0. The van der Waals surface area contributed by atoms with Crippen molar-refractivity contribution >= 4 is 20.2 Å². The number of rotatable bonds is 0. The van der Waals surface area contributed by atoms with Gasteiger partial charge in [0.05, 0.1) is 0 Å². The molecule has 0 bridgehead atoms. The minimum absolute atomic E-state index is 0. The van der Waals surface area contributed by atoms with Gasteiger partial charge >= 0.3 is 31.3 Å². The van der Waals surface area contributed by atoms with E-state index in [-0.39, 0.29) is 5.48 Å². The fourth-order valence-corrected chi connectivity index (χ4v) is 0. The van der Waals surface area contributed by atoms with E-state index in [0.29, 0.717) is 0 Å². The van der Waals surface area contributed by atoms with Gasteiger partial charge in [0, 0.05) is 0 Å². The summed E-state index contributed by atoms with van der Waals surface area (Å²) in [5.74, 6) is 0. The molecule has 0 amide bonds. The maximum absolute atomic E-state index is 10.7. The lowest BCUT2D eigenvalue weighted by molar-refractivity contribution is -0.0514. The van der Waals surface area contributed by atoms with Gasteiger partial charge in [-0.3, -0.25) is 9.11 Å². The Labute approximate surface area is 89.8 Å². The third-order valence-corrected chi connectivity index (χ3v) is 1.75. The van der Waals surface area contributed by atoms with Crippen LogP contribution < -0.4 is 0 Å². The summed E-state index contributed by atoms with van der Waals surface area (Å²) in [6.45, 7) is 0. The average Bonchev–Trinajstić information content (AvgIpc) is 1.77. The summed E-state index contributed by atoms with van der Waals surface area (Å²) in [5.41, 5.74) is -11.1. The summed E-state index contributed by atoms with van der Waals surface area (Å²) in [6, 6.07) is 0. The maximum atomic E-state index is 10.7. The minimum Gasteiger partial charge on any atom is -0.412 e. The Morgan fingerprint density at radius 3 is 0.706 bits per heavy atom. The van der Waals surface area contributed by atoms with E-state index in [9.17, 15) is 26.3 Å². The molecule has 108 valence electrons. The van der Waals surface area contributed by atoms with E-state index in [1.54, 1.807) is 0 Å². The first kappa shape index (κ1) is 21.6. The molecule has 0 spiro atoms. The highest BCUT2D eigenvalue weighted by Gasteiger charge is 2.45. The standard InChI is InChI=1S/2CHF3O3S.H2O/c2*2-1(3,4)8(5,6)7;/h2*(H,5,6,7);1H2. The molecule has 0 heterocycles. The van der Waals surface area contributed by atoms with Crippen molar-refractivity contribution in [2.24, 2.45) is 0 Å². The van der Waals surface area contributed by atoms with Gasteiger partial charge in [0.2, 0.25) is 0 Å². The normalized spacial score (nSPS) is 13.2. The van der Waals surface area contributed by atoms with Crippen molar-refractivity contribution in [1.82, 2.24) is 0 Å². The number of hydrogen-bond donors (Lipinski definition) is 2. The van der Waals surface area contributed by atoms with Gasteiger partial charge < -0.3 is 5.48 Å². The molecule has 17 heavy (non-hydrogen) atoms. The van der Waals surface area contributed by atoms with Crippen molar-refractivity contribution in [3.63, 3.8) is 0 Å². The monoisotopic (exact) mass is 318 g/mol. The molecule has 0 aromatic carbocycles. The van der Waals surface area contributed by atoms with Gasteiger partial charge in [0.1, 0.15) is 0 Å². The van der Waals surface area contributed by atoms with E-state index < -0.39 is 31.3 Å². The molecule has 0 unspecified atom stereocenters. The van der Waals surface area contributed by atoms with Crippen LogP contribution in [0.3, 0.4) is 0 Å². The van der Waals surface area contributed by atoms with Gasteiger partial charge in [-0.1, -0.05) is 0 Å². The lowest BCUT2D eigenvalue weighted by Crippen LogP contribution is -2.21. The van der Waals surface area contributed by atoms with Crippen LogP contribution in [0.4, 0.5) is 26.3 Å². The van der Waals surface area contributed by atoms with Crippen LogP contribution in [0.25, 0.3) is 0 Å². The molecule has 0 aliphatic carbocycles. The Morgan fingerprint density at radius 2 is 0.706 bits per heavy atom. The summed E-state index contributed by atoms with van der Waals surface area (Å²) in [4.78, 5) is 0. The van der Waals surface area contributed by atoms with Gasteiger partial charge in [-0.05, 0) is 0 Å². The van der Waals surface area contributed by atoms with Crippen LogP contribution in [-0.4, -0.2) is 42.4 Å². The molecule has 0 saturated carbocycles. The van der Waals surface area contributed by atoms with E-state index in [1.165, 1.54) is 0 Å². The SMILES string of the molecule is O.O=S(=O)(O)C(F)(F)F.O=S(=O)(O)C(F)(F)F. The zero-order chi connectivity index (χ0) is 14.0. The van der Waals surface area contributed by atoms with Crippen LogP contribution in [0.2, 0.25) is 0 Å². The average molecular weight is 318 g/mol. The van der Waals surface area contributed by atoms with Crippen molar-refractivity contribution < 1.29 is 57.8 Å². The second-order valence-electron chi connectivity index (χ2n) is 1.84. The molecule has 0 aromatic heterocycles. The Bertz CT molecular complexity index is 370. The van der Waals surface area contributed by atoms with Crippen LogP contribution in [0.5, 0.6) is 0 Å². The number of hydrogen-bond acceptors (Lipinski definition) is 4.